The molecular formula is C18H25N3O3. The lowest BCUT2D eigenvalue weighted by atomic mass is 10.1. The molecule has 6 heteroatoms. The second-order valence-electron chi connectivity index (χ2n) is 6.09. The molecule has 0 bridgehead atoms. The summed E-state index contributed by atoms with van der Waals surface area (Å²) in [5.74, 6) is 0. The van der Waals surface area contributed by atoms with Crippen LogP contribution in [0, 0.1) is 0 Å². The molecule has 1 aliphatic rings. The number of aromatic amines is 1. The highest BCUT2D eigenvalue weighted by Gasteiger charge is 2.23. The summed E-state index contributed by atoms with van der Waals surface area (Å²) in [5, 5.41) is 4.27. The molecule has 2 heterocycles. The second-order valence-corrected chi connectivity index (χ2v) is 6.09. The van der Waals surface area contributed by atoms with E-state index in [9.17, 15) is 4.79 Å². The number of morpholine rings is 1. The monoisotopic (exact) mass is 331 g/mol. The van der Waals surface area contributed by atoms with Crippen molar-refractivity contribution in [1.82, 2.24) is 15.2 Å². The van der Waals surface area contributed by atoms with Crippen molar-refractivity contribution >= 4 is 16.9 Å². The first-order valence-electron chi connectivity index (χ1n) is 8.46. The van der Waals surface area contributed by atoms with Crippen molar-refractivity contribution in [2.24, 2.45) is 0 Å². The summed E-state index contributed by atoms with van der Waals surface area (Å²) < 4.78 is 10.7. The molecule has 2 aromatic rings. The van der Waals surface area contributed by atoms with Crippen molar-refractivity contribution < 1.29 is 14.3 Å². The van der Waals surface area contributed by atoms with E-state index in [1.54, 1.807) is 12.0 Å². The van der Waals surface area contributed by atoms with E-state index in [0.717, 1.165) is 18.4 Å². The van der Waals surface area contributed by atoms with Gasteiger partial charge in [-0.2, -0.15) is 0 Å². The second kappa shape index (κ2) is 8.17. The number of rotatable bonds is 6. The molecule has 24 heavy (non-hydrogen) atoms. The first-order valence-corrected chi connectivity index (χ1v) is 8.46. The largest absolute Gasteiger partial charge is 0.382 e. The van der Waals surface area contributed by atoms with Gasteiger partial charge in [-0.25, -0.2) is 4.79 Å². The lowest BCUT2D eigenvalue weighted by molar-refractivity contribution is -0.0494. The summed E-state index contributed by atoms with van der Waals surface area (Å²) in [5.41, 5.74) is 2.46. The Bertz CT molecular complexity index is 668. The van der Waals surface area contributed by atoms with Gasteiger partial charge in [0.05, 0.1) is 25.9 Å². The van der Waals surface area contributed by atoms with Gasteiger partial charge in [0.15, 0.2) is 0 Å². The number of carbonyl (C=O) groups excluding carboxylic acids is 1. The smallest absolute Gasteiger partial charge is 0.317 e. The number of ether oxygens (including phenoxy) is 2. The number of hydrogen-bond donors (Lipinski definition) is 2. The number of amides is 2. The average molecular weight is 331 g/mol. The number of aromatic nitrogens is 1. The summed E-state index contributed by atoms with van der Waals surface area (Å²) >= 11 is 0. The van der Waals surface area contributed by atoms with Crippen molar-refractivity contribution in [1.29, 1.82) is 0 Å². The average Bonchev–Trinajstić information content (AvgIpc) is 3.02. The highest BCUT2D eigenvalue weighted by Crippen LogP contribution is 2.18. The molecule has 1 fully saturated rings. The first-order chi connectivity index (χ1) is 11.8. The zero-order valence-corrected chi connectivity index (χ0v) is 14.1. The van der Waals surface area contributed by atoms with Gasteiger partial charge in [0.1, 0.15) is 0 Å². The molecule has 1 aliphatic heterocycles. The predicted octanol–water partition coefficient (Wildman–Crippen LogP) is 2.16. The number of nitrogens with one attached hydrogen (secondary N) is 2. The van der Waals surface area contributed by atoms with Crippen LogP contribution in [0.3, 0.4) is 0 Å². The van der Waals surface area contributed by atoms with Gasteiger partial charge in [-0.1, -0.05) is 18.2 Å². The maximum Gasteiger partial charge on any atom is 0.317 e. The molecule has 1 aromatic heterocycles. The fraction of sp³-hybridized carbons (Fsp3) is 0.500. The number of aryl methyl sites for hydroxylation is 1. The van der Waals surface area contributed by atoms with Crippen molar-refractivity contribution in [2.45, 2.75) is 18.9 Å². The zero-order chi connectivity index (χ0) is 16.8. The lowest BCUT2D eigenvalue weighted by Gasteiger charge is -2.32. The van der Waals surface area contributed by atoms with E-state index in [0.29, 0.717) is 32.8 Å². The maximum absolute atomic E-state index is 12.2. The third-order valence-electron chi connectivity index (χ3n) is 4.35. The topological polar surface area (TPSA) is 66.6 Å². The van der Waals surface area contributed by atoms with Crippen molar-refractivity contribution in [2.75, 3.05) is 40.0 Å². The Balaban J connectivity index is 1.42. The molecule has 3 rings (SSSR count). The standard InChI is InChI=1S/C18H25N3O3/c1-23-13-15-12-21(9-10-24-15)18(22)19-8-4-5-14-11-20-17-7-3-2-6-16(14)17/h2-3,6-7,11,15,20H,4-5,8-10,12-13H2,1H3,(H,19,22). The number of nitrogens with zero attached hydrogens (tertiary/aromatic N) is 1. The van der Waals surface area contributed by atoms with E-state index < -0.39 is 0 Å². The lowest BCUT2D eigenvalue weighted by Crippen LogP contribution is -2.50. The van der Waals surface area contributed by atoms with Gasteiger partial charge in [0.25, 0.3) is 0 Å². The molecule has 1 atom stereocenters. The quantitative estimate of drug-likeness (QED) is 0.797. The van der Waals surface area contributed by atoms with E-state index >= 15 is 0 Å². The SMILES string of the molecule is COCC1CN(C(=O)NCCCc2c[nH]c3ccccc23)CCO1. The minimum absolute atomic E-state index is 0.0154. The number of methoxy groups -OCH3 is 1. The highest BCUT2D eigenvalue weighted by molar-refractivity contribution is 5.83. The van der Waals surface area contributed by atoms with Crippen LogP contribution in [0.2, 0.25) is 0 Å². The van der Waals surface area contributed by atoms with Crippen LogP contribution in [0.4, 0.5) is 4.79 Å². The Morgan fingerprint density at radius 1 is 1.46 bits per heavy atom. The van der Waals surface area contributed by atoms with E-state index in [4.69, 9.17) is 9.47 Å². The van der Waals surface area contributed by atoms with Gasteiger partial charge in [-0.05, 0) is 24.5 Å². The number of carbonyl (C=O) groups is 1. The van der Waals surface area contributed by atoms with Crippen LogP contribution in [0.5, 0.6) is 0 Å². The van der Waals surface area contributed by atoms with Crippen LogP contribution in [0.15, 0.2) is 30.5 Å². The minimum Gasteiger partial charge on any atom is -0.382 e. The Hall–Kier alpha value is -2.05. The summed E-state index contributed by atoms with van der Waals surface area (Å²) in [6, 6.07) is 8.27. The highest BCUT2D eigenvalue weighted by atomic mass is 16.5. The third kappa shape index (κ3) is 4.07. The van der Waals surface area contributed by atoms with Crippen LogP contribution < -0.4 is 5.32 Å². The molecule has 2 N–H and O–H groups in total. The maximum atomic E-state index is 12.2. The summed E-state index contributed by atoms with van der Waals surface area (Å²) in [6.07, 6.45) is 3.89. The van der Waals surface area contributed by atoms with Gasteiger partial charge in [0.2, 0.25) is 0 Å². The third-order valence-corrected chi connectivity index (χ3v) is 4.35. The van der Waals surface area contributed by atoms with Crippen molar-refractivity contribution in [3.05, 3.63) is 36.0 Å². The van der Waals surface area contributed by atoms with Crippen molar-refractivity contribution in [3.63, 3.8) is 0 Å². The minimum atomic E-state index is -0.0271. The predicted molar refractivity (Wildman–Crippen MR) is 93.2 cm³/mol. The Kier molecular flexibility index (Phi) is 5.72. The van der Waals surface area contributed by atoms with Crippen LogP contribution >= 0.6 is 0 Å². The Labute approximate surface area is 142 Å². The van der Waals surface area contributed by atoms with E-state index in [1.165, 1.54) is 10.9 Å². The van der Waals surface area contributed by atoms with Crippen LogP contribution in [-0.4, -0.2) is 62.0 Å². The fourth-order valence-corrected chi connectivity index (χ4v) is 3.11. The number of para-hydroxylation sites is 1. The normalized spacial score (nSPS) is 18.0. The molecule has 1 saturated heterocycles. The van der Waals surface area contributed by atoms with Crippen LogP contribution in [0.1, 0.15) is 12.0 Å². The molecule has 0 aliphatic carbocycles. The van der Waals surface area contributed by atoms with Gasteiger partial charge < -0.3 is 24.7 Å². The molecule has 2 amide bonds. The number of fused-ring (bicyclic) bond motifs is 1. The molecule has 0 saturated carbocycles. The van der Waals surface area contributed by atoms with E-state index in [2.05, 4.69) is 34.7 Å². The number of benzene rings is 1. The van der Waals surface area contributed by atoms with Crippen LogP contribution in [-0.2, 0) is 15.9 Å². The van der Waals surface area contributed by atoms with Gasteiger partial charge in [-0.15, -0.1) is 0 Å². The van der Waals surface area contributed by atoms with E-state index in [-0.39, 0.29) is 12.1 Å². The molecule has 1 unspecified atom stereocenters. The molecule has 6 nitrogen and oxygen atoms in total. The number of hydrogen-bond acceptors (Lipinski definition) is 3. The summed E-state index contributed by atoms with van der Waals surface area (Å²) in [4.78, 5) is 17.3. The van der Waals surface area contributed by atoms with Gasteiger partial charge >= 0.3 is 6.03 Å². The zero-order valence-electron chi connectivity index (χ0n) is 14.1. The summed E-state index contributed by atoms with van der Waals surface area (Å²) in [7, 11) is 1.65. The van der Waals surface area contributed by atoms with Crippen molar-refractivity contribution in [3.8, 4) is 0 Å². The summed E-state index contributed by atoms with van der Waals surface area (Å²) in [6.45, 7) is 2.97. The Morgan fingerprint density at radius 3 is 3.21 bits per heavy atom. The molecule has 130 valence electrons. The molecule has 1 aromatic carbocycles. The fourth-order valence-electron chi connectivity index (χ4n) is 3.11. The first kappa shape index (κ1) is 16.8. The van der Waals surface area contributed by atoms with E-state index in [1.807, 2.05) is 6.07 Å². The number of urea groups is 1. The molecular weight excluding hydrogens is 306 g/mol. The van der Waals surface area contributed by atoms with Gasteiger partial charge in [0, 0.05) is 37.3 Å². The Morgan fingerprint density at radius 2 is 2.33 bits per heavy atom. The van der Waals surface area contributed by atoms with Gasteiger partial charge in [-0.3, -0.25) is 0 Å². The number of H-pyrrole nitrogens is 1. The van der Waals surface area contributed by atoms with Crippen LogP contribution in [0.25, 0.3) is 10.9 Å². The molecule has 0 radical (unpaired) electrons. The molecule has 0 spiro atoms.